The van der Waals surface area contributed by atoms with E-state index in [0.29, 0.717) is 4.90 Å². The molecule has 0 saturated heterocycles. The first kappa shape index (κ1) is 17.5. The Morgan fingerprint density at radius 2 is 1.50 bits per heavy atom. The van der Waals surface area contributed by atoms with Crippen LogP contribution < -0.4 is 10.0 Å². The molecule has 4 nitrogen and oxygen atoms in total. The van der Waals surface area contributed by atoms with Gasteiger partial charge in [-0.25, -0.2) is 13.1 Å². The Kier molecular flexibility index (Phi) is 5.58. The average Bonchev–Trinajstić information content (AvgIpc) is 2.59. The lowest BCUT2D eigenvalue weighted by Gasteiger charge is -2.33. The van der Waals surface area contributed by atoms with E-state index in [0.717, 1.165) is 35.8 Å². The molecular formula is C18H21BrN2O2S. The third-order valence-electron chi connectivity index (χ3n) is 4.34. The van der Waals surface area contributed by atoms with Crippen molar-refractivity contribution in [3.8, 4) is 0 Å². The van der Waals surface area contributed by atoms with Gasteiger partial charge in [-0.15, -0.1) is 0 Å². The first-order valence-corrected chi connectivity index (χ1v) is 10.4. The number of anilines is 1. The van der Waals surface area contributed by atoms with E-state index in [2.05, 4.69) is 26.0 Å². The van der Waals surface area contributed by atoms with Crippen LogP contribution in [0.3, 0.4) is 0 Å². The largest absolute Gasteiger partial charge is 0.380 e. The van der Waals surface area contributed by atoms with E-state index in [1.807, 2.05) is 30.3 Å². The van der Waals surface area contributed by atoms with Crippen LogP contribution in [0.15, 0.2) is 64.0 Å². The fourth-order valence-electron chi connectivity index (χ4n) is 3.09. The van der Waals surface area contributed by atoms with E-state index in [9.17, 15) is 8.42 Å². The number of para-hydroxylation sites is 1. The highest BCUT2D eigenvalue weighted by Gasteiger charge is 2.29. The number of hydrogen-bond acceptors (Lipinski definition) is 3. The molecule has 0 radical (unpaired) electrons. The van der Waals surface area contributed by atoms with E-state index in [4.69, 9.17) is 0 Å². The summed E-state index contributed by atoms with van der Waals surface area (Å²) in [5.74, 6) is 0. The Balaban J connectivity index is 1.77. The van der Waals surface area contributed by atoms with Crippen LogP contribution in [0.2, 0.25) is 0 Å². The van der Waals surface area contributed by atoms with Gasteiger partial charge in [0, 0.05) is 22.2 Å². The Bertz CT molecular complexity index is 781. The van der Waals surface area contributed by atoms with Crippen molar-refractivity contribution in [2.45, 2.75) is 42.7 Å². The molecule has 0 amide bonds. The van der Waals surface area contributed by atoms with E-state index >= 15 is 0 Å². The number of sulfonamides is 1. The molecule has 0 spiro atoms. The summed E-state index contributed by atoms with van der Waals surface area (Å²) >= 11 is 3.54. The fraction of sp³-hybridized carbons (Fsp3) is 0.333. The molecule has 0 aliphatic heterocycles. The molecule has 0 bridgehead atoms. The lowest BCUT2D eigenvalue weighted by Crippen LogP contribution is -2.48. The van der Waals surface area contributed by atoms with Crippen molar-refractivity contribution in [3.05, 3.63) is 59.1 Å². The molecule has 3 rings (SSSR count). The topological polar surface area (TPSA) is 58.2 Å². The van der Waals surface area contributed by atoms with Gasteiger partial charge in [0.05, 0.1) is 4.90 Å². The molecule has 2 N–H and O–H groups in total. The summed E-state index contributed by atoms with van der Waals surface area (Å²) in [7, 11) is -3.50. The molecule has 24 heavy (non-hydrogen) atoms. The van der Waals surface area contributed by atoms with E-state index in [1.54, 1.807) is 24.3 Å². The van der Waals surface area contributed by atoms with Crippen molar-refractivity contribution in [1.82, 2.24) is 4.72 Å². The number of nitrogens with one attached hydrogen (secondary N) is 2. The van der Waals surface area contributed by atoms with Crippen molar-refractivity contribution in [1.29, 1.82) is 0 Å². The Labute approximate surface area is 151 Å². The molecular weight excluding hydrogens is 388 g/mol. The van der Waals surface area contributed by atoms with Crippen LogP contribution in [0.25, 0.3) is 0 Å². The van der Waals surface area contributed by atoms with Crippen LogP contribution in [0.5, 0.6) is 0 Å². The van der Waals surface area contributed by atoms with Crippen molar-refractivity contribution in [2.24, 2.45) is 0 Å². The highest BCUT2D eigenvalue weighted by atomic mass is 79.9. The molecule has 6 heteroatoms. The molecule has 2 aromatic rings. The summed E-state index contributed by atoms with van der Waals surface area (Å²) in [5.41, 5.74) is 0.994. The van der Waals surface area contributed by atoms with Gasteiger partial charge in [0.2, 0.25) is 10.0 Å². The summed E-state index contributed by atoms with van der Waals surface area (Å²) in [4.78, 5) is 0.315. The second-order valence-electron chi connectivity index (χ2n) is 6.06. The number of rotatable bonds is 5. The molecule has 0 unspecified atom stereocenters. The smallest absolute Gasteiger partial charge is 0.240 e. The van der Waals surface area contributed by atoms with Gasteiger partial charge in [-0.2, -0.15) is 0 Å². The summed E-state index contributed by atoms with van der Waals surface area (Å²) in [6, 6.07) is 16.4. The van der Waals surface area contributed by atoms with Crippen molar-refractivity contribution in [3.63, 3.8) is 0 Å². The summed E-state index contributed by atoms with van der Waals surface area (Å²) in [6.45, 7) is 0. The van der Waals surface area contributed by atoms with Crippen LogP contribution in [0.1, 0.15) is 25.7 Å². The van der Waals surface area contributed by atoms with Crippen LogP contribution in [0, 0.1) is 0 Å². The third-order valence-corrected chi connectivity index (χ3v) is 6.54. The van der Waals surface area contributed by atoms with Crippen molar-refractivity contribution in [2.75, 3.05) is 5.32 Å². The molecule has 1 fully saturated rings. The quantitative estimate of drug-likeness (QED) is 0.780. The highest BCUT2D eigenvalue weighted by molar-refractivity contribution is 9.10. The predicted octanol–water partition coefficient (Wildman–Crippen LogP) is 4.15. The van der Waals surface area contributed by atoms with Gasteiger partial charge in [-0.3, -0.25) is 0 Å². The van der Waals surface area contributed by atoms with Crippen LogP contribution in [-0.4, -0.2) is 20.5 Å². The zero-order valence-electron chi connectivity index (χ0n) is 13.3. The predicted molar refractivity (Wildman–Crippen MR) is 101 cm³/mol. The zero-order valence-corrected chi connectivity index (χ0v) is 15.7. The van der Waals surface area contributed by atoms with Gasteiger partial charge < -0.3 is 5.32 Å². The number of hydrogen-bond donors (Lipinski definition) is 2. The highest BCUT2D eigenvalue weighted by Crippen LogP contribution is 2.27. The monoisotopic (exact) mass is 408 g/mol. The van der Waals surface area contributed by atoms with Gasteiger partial charge in [-0.05, 0) is 53.0 Å². The minimum atomic E-state index is -3.50. The number of benzene rings is 2. The lowest BCUT2D eigenvalue weighted by atomic mass is 9.91. The molecule has 1 aliphatic rings. The van der Waals surface area contributed by atoms with Crippen molar-refractivity contribution >= 4 is 31.6 Å². The standard InChI is InChI=1S/C18H21BrN2O2S/c19-15-10-4-5-11-16(15)20-17-12-6-7-13-18(17)21-24(22,23)14-8-2-1-3-9-14/h1-5,8-11,17-18,20-21H,6-7,12-13H2/t17-,18-/m1/s1. The van der Waals surface area contributed by atoms with Crippen molar-refractivity contribution < 1.29 is 8.42 Å². The second-order valence-corrected chi connectivity index (χ2v) is 8.62. The Morgan fingerprint density at radius 3 is 2.21 bits per heavy atom. The zero-order chi connectivity index (χ0) is 17.0. The summed E-state index contributed by atoms with van der Waals surface area (Å²) in [5, 5.41) is 3.50. The molecule has 0 aromatic heterocycles. The minimum Gasteiger partial charge on any atom is -0.380 e. The van der Waals surface area contributed by atoms with Gasteiger partial charge >= 0.3 is 0 Å². The lowest BCUT2D eigenvalue weighted by molar-refractivity contribution is 0.378. The average molecular weight is 409 g/mol. The first-order valence-electron chi connectivity index (χ1n) is 8.15. The van der Waals surface area contributed by atoms with E-state index in [-0.39, 0.29) is 12.1 Å². The van der Waals surface area contributed by atoms with E-state index < -0.39 is 10.0 Å². The van der Waals surface area contributed by atoms with Gasteiger partial charge in [0.15, 0.2) is 0 Å². The maximum atomic E-state index is 12.6. The fourth-order valence-corrected chi connectivity index (χ4v) is 4.82. The molecule has 1 aliphatic carbocycles. The number of halogens is 1. The third kappa shape index (κ3) is 4.18. The summed E-state index contributed by atoms with van der Waals surface area (Å²) < 4.78 is 29.1. The summed E-state index contributed by atoms with van der Waals surface area (Å²) in [6.07, 6.45) is 3.93. The maximum Gasteiger partial charge on any atom is 0.240 e. The van der Waals surface area contributed by atoms with Crippen LogP contribution >= 0.6 is 15.9 Å². The molecule has 128 valence electrons. The second kappa shape index (κ2) is 7.68. The molecule has 1 saturated carbocycles. The Morgan fingerprint density at radius 1 is 0.875 bits per heavy atom. The van der Waals surface area contributed by atoms with Gasteiger partial charge in [0.25, 0.3) is 0 Å². The normalized spacial score (nSPS) is 21.4. The molecule has 0 heterocycles. The minimum absolute atomic E-state index is 0.0796. The molecule has 2 atom stereocenters. The van der Waals surface area contributed by atoms with E-state index in [1.165, 1.54) is 0 Å². The van der Waals surface area contributed by atoms with Gasteiger partial charge in [-0.1, -0.05) is 43.2 Å². The Hall–Kier alpha value is -1.37. The van der Waals surface area contributed by atoms with Crippen LogP contribution in [0.4, 0.5) is 5.69 Å². The molecule has 2 aromatic carbocycles. The van der Waals surface area contributed by atoms with Crippen LogP contribution in [-0.2, 0) is 10.0 Å². The van der Waals surface area contributed by atoms with Gasteiger partial charge in [0.1, 0.15) is 0 Å². The first-order chi connectivity index (χ1) is 11.6. The SMILES string of the molecule is O=S(=O)(N[C@@H]1CCCC[C@H]1Nc1ccccc1Br)c1ccccc1. The maximum absolute atomic E-state index is 12.6.